The highest BCUT2D eigenvalue weighted by Gasteiger charge is 2.03. The fourth-order valence-corrected chi connectivity index (χ4v) is 1.05. The second-order valence-electron chi connectivity index (χ2n) is 3.37. The number of amides is 1. The average molecular weight is 196 g/mol. The molecule has 1 atom stereocenters. The predicted molar refractivity (Wildman–Crippen MR) is 53.4 cm³/mol. The Kier molecular flexibility index (Phi) is 4.19. The number of carbonyl (C=O) groups excluding carboxylic acids is 1. The lowest BCUT2D eigenvalue weighted by molar-refractivity contribution is -0.121. The highest BCUT2D eigenvalue weighted by molar-refractivity contribution is 5.75. The minimum atomic E-state index is 0.0127. The van der Waals surface area contributed by atoms with E-state index in [2.05, 4.69) is 5.32 Å². The van der Waals surface area contributed by atoms with Crippen LogP contribution in [0.2, 0.25) is 0 Å². The minimum absolute atomic E-state index is 0.0127. The Labute approximate surface area is 83.5 Å². The molecular formula is C10H16N2O2. The van der Waals surface area contributed by atoms with Gasteiger partial charge >= 0.3 is 0 Å². The van der Waals surface area contributed by atoms with E-state index < -0.39 is 0 Å². The highest BCUT2D eigenvalue weighted by atomic mass is 16.3. The molecular weight excluding hydrogens is 180 g/mol. The van der Waals surface area contributed by atoms with Crippen molar-refractivity contribution in [3.05, 3.63) is 24.2 Å². The molecule has 1 amide bonds. The smallest absolute Gasteiger partial charge is 0.220 e. The Morgan fingerprint density at radius 1 is 1.71 bits per heavy atom. The summed E-state index contributed by atoms with van der Waals surface area (Å²) in [7, 11) is 0. The number of rotatable bonds is 5. The second-order valence-corrected chi connectivity index (χ2v) is 3.37. The van der Waals surface area contributed by atoms with E-state index >= 15 is 0 Å². The molecule has 0 bridgehead atoms. The first-order valence-electron chi connectivity index (χ1n) is 4.73. The number of hydrogen-bond acceptors (Lipinski definition) is 3. The van der Waals surface area contributed by atoms with Gasteiger partial charge in [-0.1, -0.05) is 0 Å². The quantitative estimate of drug-likeness (QED) is 0.738. The van der Waals surface area contributed by atoms with E-state index in [0.29, 0.717) is 19.4 Å². The normalized spacial score (nSPS) is 12.4. The molecule has 0 aromatic carbocycles. The molecule has 4 heteroatoms. The zero-order valence-corrected chi connectivity index (χ0v) is 8.32. The summed E-state index contributed by atoms with van der Waals surface area (Å²) in [6.45, 7) is 2.34. The van der Waals surface area contributed by atoms with E-state index in [4.69, 9.17) is 10.2 Å². The van der Waals surface area contributed by atoms with Crippen LogP contribution < -0.4 is 11.1 Å². The molecule has 0 spiro atoms. The van der Waals surface area contributed by atoms with E-state index in [1.807, 2.05) is 13.0 Å². The van der Waals surface area contributed by atoms with Crippen molar-refractivity contribution in [3.63, 3.8) is 0 Å². The van der Waals surface area contributed by atoms with Crippen LogP contribution in [0, 0.1) is 0 Å². The topological polar surface area (TPSA) is 68.3 Å². The van der Waals surface area contributed by atoms with E-state index in [-0.39, 0.29) is 11.9 Å². The van der Waals surface area contributed by atoms with Crippen LogP contribution in [0.4, 0.5) is 0 Å². The van der Waals surface area contributed by atoms with Crippen LogP contribution >= 0.6 is 0 Å². The molecule has 0 radical (unpaired) electrons. The highest BCUT2D eigenvalue weighted by Crippen LogP contribution is 1.99. The Balaban J connectivity index is 2.15. The molecule has 4 nitrogen and oxygen atoms in total. The summed E-state index contributed by atoms with van der Waals surface area (Å²) in [5.74, 6) is 0.776. The Hall–Kier alpha value is -1.29. The van der Waals surface area contributed by atoms with Crippen LogP contribution in [0.3, 0.4) is 0 Å². The van der Waals surface area contributed by atoms with Crippen LogP contribution in [0.1, 0.15) is 25.5 Å². The van der Waals surface area contributed by atoms with Crippen LogP contribution in [0.5, 0.6) is 0 Å². The van der Waals surface area contributed by atoms with Crippen LogP contribution in [0.25, 0.3) is 0 Å². The van der Waals surface area contributed by atoms with Gasteiger partial charge < -0.3 is 15.5 Å². The SMILES string of the molecule is CC(N)CCC(=O)NCc1ccco1. The zero-order valence-electron chi connectivity index (χ0n) is 8.32. The first kappa shape index (κ1) is 10.8. The van der Waals surface area contributed by atoms with E-state index in [1.54, 1.807) is 12.3 Å². The maximum absolute atomic E-state index is 11.2. The molecule has 1 heterocycles. The van der Waals surface area contributed by atoms with Crippen molar-refractivity contribution >= 4 is 5.91 Å². The Morgan fingerprint density at radius 3 is 3.07 bits per heavy atom. The van der Waals surface area contributed by atoms with Gasteiger partial charge in [0.2, 0.25) is 5.91 Å². The van der Waals surface area contributed by atoms with Gasteiger partial charge in [-0.05, 0) is 25.5 Å². The van der Waals surface area contributed by atoms with Crippen molar-refractivity contribution < 1.29 is 9.21 Å². The molecule has 78 valence electrons. The van der Waals surface area contributed by atoms with Gasteiger partial charge in [0.25, 0.3) is 0 Å². The third-order valence-electron chi connectivity index (χ3n) is 1.87. The molecule has 1 aromatic rings. The summed E-state index contributed by atoms with van der Waals surface area (Å²) in [6.07, 6.45) is 2.77. The molecule has 0 saturated carbocycles. The van der Waals surface area contributed by atoms with Crippen LogP contribution in [0.15, 0.2) is 22.8 Å². The van der Waals surface area contributed by atoms with Gasteiger partial charge in [-0.2, -0.15) is 0 Å². The van der Waals surface area contributed by atoms with Crippen LogP contribution in [-0.2, 0) is 11.3 Å². The maximum atomic E-state index is 11.2. The Morgan fingerprint density at radius 2 is 2.50 bits per heavy atom. The van der Waals surface area contributed by atoms with Gasteiger partial charge in [0, 0.05) is 12.5 Å². The summed E-state index contributed by atoms with van der Waals surface area (Å²) < 4.78 is 5.07. The third kappa shape index (κ3) is 4.09. The zero-order chi connectivity index (χ0) is 10.4. The van der Waals surface area contributed by atoms with Gasteiger partial charge in [0.15, 0.2) is 0 Å². The van der Waals surface area contributed by atoms with Gasteiger partial charge in [0.05, 0.1) is 12.8 Å². The molecule has 14 heavy (non-hydrogen) atoms. The molecule has 3 N–H and O–H groups in total. The Bertz CT molecular complexity index is 268. The maximum Gasteiger partial charge on any atom is 0.220 e. The van der Waals surface area contributed by atoms with Crippen LogP contribution in [-0.4, -0.2) is 11.9 Å². The fourth-order valence-electron chi connectivity index (χ4n) is 1.05. The summed E-state index contributed by atoms with van der Waals surface area (Å²) in [5, 5.41) is 2.75. The van der Waals surface area contributed by atoms with Crippen molar-refractivity contribution in [2.24, 2.45) is 5.73 Å². The number of furan rings is 1. The van der Waals surface area contributed by atoms with E-state index in [0.717, 1.165) is 5.76 Å². The predicted octanol–water partition coefficient (Wildman–Crippen LogP) is 1.02. The first-order valence-corrected chi connectivity index (χ1v) is 4.73. The number of hydrogen-bond donors (Lipinski definition) is 2. The summed E-state index contributed by atoms with van der Waals surface area (Å²) in [4.78, 5) is 11.2. The first-order chi connectivity index (χ1) is 6.68. The lowest BCUT2D eigenvalue weighted by Crippen LogP contribution is -2.25. The van der Waals surface area contributed by atoms with Gasteiger partial charge in [-0.15, -0.1) is 0 Å². The lowest BCUT2D eigenvalue weighted by atomic mass is 10.2. The third-order valence-corrected chi connectivity index (χ3v) is 1.87. The fraction of sp³-hybridized carbons (Fsp3) is 0.500. The van der Waals surface area contributed by atoms with Crippen molar-refractivity contribution in [3.8, 4) is 0 Å². The monoisotopic (exact) mass is 196 g/mol. The van der Waals surface area contributed by atoms with E-state index in [9.17, 15) is 4.79 Å². The molecule has 0 saturated heterocycles. The van der Waals surface area contributed by atoms with Gasteiger partial charge in [-0.3, -0.25) is 4.79 Å². The van der Waals surface area contributed by atoms with Crippen molar-refractivity contribution in [2.45, 2.75) is 32.4 Å². The summed E-state index contributed by atoms with van der Waals surface area (Å²) >= 11 is 0. The van der Waals surface area contributed by atoms with Crippen molar-refractivity contribution in [2.75, 3.05) is 0 Å². The minimum Gasteiger partial charge on any atom is -0.467 e. The van der Waals surface area contributed by atoms with Crippen molar-refractivity contribution in [1.82, 2.24) is 5.32 Å². The molecule has 0 aliphatic carbocycles. The van der Waals surface area contributed by atoms with Gasteiger partial charge in [-0.25, -0.2) is 0 Å². The molecule has 1 aromatic heterocycles. The summed E-state index contributed by atoms with van der Waals surface area (Å²) in [6, 6.07) is 3.69. The number of nitrogens with one attached hydrogen (secondary N) is 1. The average Bonchev–Trinajstić information content (AvgIpc) is 2.63. The molecule has 0 fully saturated rings. The van der Waals surface area contributed by atoms with Crippen molar-refractivity contribution in [1.29, 1.82) is 0 Å². The van der Waals surface area contributed by atoms with E-state index in [1.165, 1.54) is 0 Å². The second kappa shape index (κ2) is 5.44. The summed E-state index contributed by atoms with van der Waals surface area (Å²) in [5.41, 5.74) is 5.53. The standard InChI is InChI=1S/C10H16N2O2/c1-8(11)4-5-10(13)12-7-9-3-2-6-14-9/h2-3,6,8H,4-5,7,11H2,1H3,(H,12,13). The lowest BCUT2D eigenvalue weighted by Gasteiger charge is -2.05. The molecule has 1 unspecified atom stereocenters. The molecule has 1 rings (SSSR count). The number of nitrogens with two attached hydrogens (primary N) is 1. The number of carbonyl (C=O) groups is 1. The largest absolute Gasteiger partial charge is 0.467 e. The molecule has 0 aliphatic rings. The van der Waals surface area contributed by atoms with Gasteiger partial charge in [0.1, 0.15) is 5.76 Å². The molecule has 0 aliphatic heterocycles.